The molecule has 0 radical (unpaired) electrons. The molecule has 1 aliphatic rings. The van der Waals surface area contributed by atoms with Gasteiger partial charge in [-0.05, 0) is 30.5 Å². The first kappa shape index (κ1) is 15.8. The summed E-state index contributed by atoms with van der Waals surface area (Å²) in [6.07, 6.45) is 5.40. The van der Waals surface area contributed by atoms with E-state index >= 15 is 0 Å². The van der Waals surface area contributed by atoms with E-state index in [0.717, 1.165) is 25.0 Å². The Labute approximate surface area is 138 Å². The van der Waals surface area contributed by atoms with E-state index in [9.17, 15) is 4.79 Å². The number of ether oxygens (including phenoxy) is 1. The number of hydrogen-bond donors (Lipinski definition) is 2. The molecule has 3 N–H and O–H groups in total. The number of carbonyl (C=O) groups is 1. The van der Waals surface area contributed by atoms with Crippen molar-refractivity contribution in [2.24, 2.45) is 0 Å². The lowest BCUT2D eigenvalue weighted by Crippen LogP contribution is -2.37. The van der Waals surface area contributed by atoms with E-state index in [1.807, 2.05) is 12.1 Å². The molecule has 1 saturated heterocycles. The average molecular weight is 336 g/mol. The summed E-state index contributed by atoms with van der Waals surface area (Å²) in [5, 5.41) is 6.56. The minimum atomic E-state index is -0.244. The molecule has 122 valence electrons. The molecule has 1 fully saturated rings. The van der Waals surface area contributed by atoms with Crippen molar-refractivity contribution >= 4 is 23.3 Å². The zero-order valence-electron chi connectivity index (χ0n) is 12.5. The number of nitrogen functional groups attached to an aromatic ring is 1. The highest BCUT2D eigenvalue weighted by atomic mass is 35.5. The highest BCUT2D eigenvalue weighted by molar-refractivity contribution is 6.35. The highest BCUT2D eigenvalue weighted by Gasteiger charge is 2.26. The first-order valence-corrected chi connectivity index (χ1v) is 7.82. The third kappa shape index (κ3) is 3.62. The normalized spacial score (nSPS) is 17.3. The molecule has 3 rings (SSSR count). The quantitative estimate of drug-likeness (QED) is 0.869. The lowest BCUT2D eigenvalue weighted by Gasteiger charge is -2.25. The van der Waals surface area contributed by atoms with E-state index in [-0.39, 0.29) is 28.5 Å². The Kier molecular flexibility index (Phi) is 4.78. The SMILES string of the molecule is Nc1n[nH]c(C(=O)N(Cc2ccncc2)C[C@H]2CCCO2)c1Cl. The second-order valence-corrected chi connectivity index (χ2v) is 5.85. The van der Waals surface area contributed by atoms with Crippen molar-refractivity contribution in [3.05, 3.63) is 40.8 Å². The van der Waals surface area contributed by atoms with Crippen molar-refractivity contribution in [3.63, 3.8) is 0 Å². The van der Waals surface area contributed by atoms with Gasteiger partial charge in [0.15, 0.2) is 5.82 Å². The number of amides is 1. The molecule has 0 spiro atoms. The summed E-state index contributed by atoms with van der Waals surface area (Å²) in [5.41, 5.74) is 6.80. The van der Waals surface area contributed by atoms with Gasteiger partial charge in [0.1, 0.15) is 10.7 Å². The summed E-state index contributed by atoms with van der Waals surface area (Å²) in [4.78, 5) is 18.5. The zero-order valence-corrected chi connectivity index (χ0v) is 13.3. The Morgan fingerprint density at radius 3 is 2.87 bits per heavy atom. The van der Waals surface area contributed by atoms with E-state index < -0.39 is 0 Å². The number of nitrogens with two attached hydrogens (primary N) is 1. The average Bonchev–Trinajstić information content (AvgIpc) is 3.18. The number of halogens is 1. The van der Waals surface area contributed by atoms with Gasteiger partial charge in [-0.1, -0.05) is 11.6 Å². The van der Waals surface area contributed by atoms with Crippen molar-refractivity contribution in [3.8, 4) is 0 Å². The molecule has 1 atom stereocenters. The Morgan fingerprint density at radius 2 is 2.26 bits per heavy atom. The maximum atomic E-state index is 12.8. The molecule has 1 aliphatic heterocycles. The number of aromatic amines is 1. The van der Waals surface area contributed by atoms with Crippen LogP contribution < -0.4 is 5.73 Å². The lowest BCUT2D eigenvalue weighted by atomic mass is 10.2. The van der Waals surface area contributed by atoms with E-state index in [1.165, 1.54) is 0 Å². The van der Waals surface area contributed by atoms with Crippen LogP contribution in [0.2, 0.25) is 5.02 Å². The topological polar surface area (TPSA) is 97.1 Å². The maximum absolute atomic E-state index is 12.8. The second kappa shape index (κ2) is 6.97. The number of aromatic nitrogens is 3. The van der Waals surface area contributed by atoms with E-state index in [0.29, 0.717) is 13.1 Å². The van der Waals surface area contributed by atoms with Crippen LogP contribution in [-0.4, -0.2) is 45.2 Å². The summed E-state index contributed by atoms with van der Waals surface area (Å²) in [7, 11) is 0. The molecule has 0 bridgehead atoms. The summed E-state index contributed by atoms with van der Waals surface area (Å²) >= 11 is 6.06. The van der Waals surface area contributed by atoms with E-state index in [1.54, 1.807) is 17.3 Å². The molecular formula is C15H18ClN5O2. The molecule has 1 amide bonds. The monoisotopic (exact) mass is 335 g/mol. The molecule has 2 aromatic rings. The van der Waals surface area contributed by atoms with Crippen LogP contribution in [0.3, 0.4) is 0 Å². The molecule has 7 nitrogen and oxygen atoms in total. The van der Waals surface area contributed by atoms with Crippen LogP contribution in [0.25, 0.3) is 0 Å². The Bertz CT molecular complexity index is 670. The minimum absolute atomic E-state index is 0.0415. The first-order valence-electron chi connectivity index (χ1n) is 7.44. The lowest BCUT2D eigenvalue weighted by molar-refractivity contribution is 0.0503. The molecule has 0 aromatic carbocycles. The highest BCUT2D eigenvalue weighted by Crippen LogP contribution is 2.23. The van der Waals surface area contributed by atoms with Gasteiger partial charge in [-0.25, -0.2) is 0 Å². The van der Waals surface area contributed by atoms with Crippen LogP contribution in [0, 0.1) is 0 Å². The molecule has 3 heterocycles. The smallest absolute Gasteiger partial charge is 0.273 e. The largest absolute Gasteiger partial charge is 0.381 e. The number of carbonyl (C=O) groups excluding carboxylic acids is 1. The second-order valence-electron chi connectivity index (χ2n) is 5.47. The van der Waals surface area contributed by atoms with Crippen LogP contribution in [-0.2, 0) is 11.3 Å². The van der Waals surface area contributed by atoms with Crippen LogP contribution in [0.15, 0.2) is 24.5 Å². The van der Waals surface area contributed by atoms with Crippen molar-refractivity contribution in [1.29, 1.82) is 0 Å². The number of pyridine rings is 1. The Balaban J connectivity index is 1.81. The van der Waals surface area contributed by atoms with Crippen LogP contribution in [0.1, 0.15) is 28.9 Å². The molecule has 2 aromatic heterocycles. The predicted octanol–water partition coefficient (Wildman–Crippen LogP) is 1.86. The fourth-order valence-electron chi connectivity index (χ4n) is 2.60. The fraction of sp³-hybridized carbons (Fsp3) is 0.400. The number of anilines is 1. The number of nitrogens with one attached hydrogen (secondary N) is 1. The standard InChI is InChI=1S/C15H18ClN5O2/c16-12-13(19-20-14(12)17)15(22)21(9-11-2-1-7-23-11)8-10-3-5-18-6-4-10/h3-6,11H,1-2,7-9H2,(H3,17,19,20)/t11-/m1/s1. The van der Waals surface area contributed by atoms with Crippen LogP contribution in [0.4, 0.5) is 5.82 Å². The molecule has 0 saturated carbocycles. The van der Waals surface area contributed by atoms with Gasteiger partial charge in [-0.15, -0.1) is 0 Å². The number of nitrogens with zero attached hydrogens (tertiary/aromatic N) is 3. The first-order chi connectivity index (χ1) is 11.1. The van der Waals surface area contributed by atoms with Crippen molar-refractivity contribution in [2.75, 3.05) is 18.9 Å². The Morgan fingerprint density at radius 1 is 1.48 bits per heavy atom. The fourth-order valence-corrected chi connectivity index (χ4v) is 2.77. The molecule has 0 unspecified atom stereocenters. The van der Waals surface area contributed by atoms with Crippen molar-refractivity contribution < 1.29 is 9.53 Å². The van der Waals surface area contributed by atoms with Crippen LogP contribution in [0.5, 0.6) is 0 Å². The summed E-state index contributed by atoms with van der Waals surface area (Å²) in [5.74, 6) is -0.123. The minimum Gasteiger partial charge on any atom is -0.381 e. The molecule has 23 heavy (non-hydrogen) atoms. The number of rotatable bonds is 5. The molecule has 8 heteroatoms. The van der Waals surface area contributed by atoms with Gasteiger partial charge < -0.3 is 15.4 Å². The zero-order chi connectivity index (χ0) is 16.2. The summed E-state index contributed by atoms with van der Waals surface area (Å²) in [6.45, 7) is 1.67. The van der Waals surface area contributed by atoms with Gasteiger partial charge in [-0.2, -0.15) is 5.10 Å². The van der Waals surface area contributed by atoms with E-state index in [4.69, 9.17) is 22.1 Å². The van der Waals surface area contributed by atoms with Gasteiger partial charge in [0.05, 0.1) is 6.10 Å². The maximum Gasteiger partial charge on any atom is 0.273 e. The summed E-state index contributed by atoms with van der Waals surface area (Å²) < 4.78 is 5.65. The third-order valence-electron chi connectivity index (χ3n) is 3.80. The summed E-state index contributed by atoms with van der Waals surface area (Å²) in [6, 6.07) is 3.75. The van der Waals surface area contributed by atoms with Crippen molar-refractivity contribution in [2.45, 2.75) is 25.5 Å². The number of H-pyrrole nitrogens is 1. The third-order valence-corrected chi connectivity index (χ3v) is 4.19. The van der Waals surface area contributed by atoms with E-state index in [2.05, 4.69) is 15.2 Å². The number of hydrogen-bond acceptors (Lipinski definition) is 5. The molecule has 0 aliphatic carbocycles. The van der Waals surface area contributed by atoms with Gasteiger partial charge in [0.2, 0.25) is 0 Å². The Hall–Kier alpha value is -2.12. The molecular weight excluding hydrogens is 318 g/mol. The van der Waals surface area contributed by atoms with Crippen molar-refractivity contribution in [1.82, 2.24) is 20.1 Å². The van der Waals surface area contributed by atoms with Gasteiger partial charge in [0.25, 0.3) is 5.91 Å². The van der Waals surface area contributed by atoms with Gasteiger partial charge >= 0.3 is 0 Å². The van der Waals surface area contributed by atoms with Crippen LogP contribution >= 0.6 is 11.6 Å². The van der Waals surface area contributed by atoms with Gasteiger partial charge in [0, 0.05) is 32.1 Å². The van der Waals surface area contributed by atoms with Gasteiger partial charge in [-0.3, -0.25) is 14.9 Å². The predicted molar refractivity (Wildman–Crippen MR) is 86.0 cm³/mol.